The Bertz CT molecular complexity index is 596. The second-order valence-corrected chi connectivity index (χ2v) is 5.99. The molecule has 2 rings (SSSR count). The molecular formula is C13H11ClO2S. The molecule has 0 bridgehead atoms. The first-order valence-corrected chi connectivity index (χ1v) is 6.95. The third-order valence-electron chi connectivity index (χ3n) is 2.51. The predicted molar refractivity (Wildman–Crippen MR) is 68.1 cm³/mol. The van der Waals surface area contributed by atoms with E-state index in [2.05, 4.69) is 0 Å². The Hall–Kier alpha value is -1.32. The van der Waals surface area contributed by atoms with E-state index in [1.165, 1.54) is 6.07 Å². The van der Waals surface area contributed by atoms with Gasteiger partial charge in [-0.15, -0.1) is 0 Å². The minimum atomic E-state index is -3.53. The number of hydrogen-bond acceptors (Lipinski definition) is 2. The zero-order valence-corrected chi connectivity index (χ0v) is 10.8. The van der Waals surface area contributed by atoms with E-state index < -0.39 is 9.84 Å². The van der Waals surface area contributed by atoms with Crippen LogP contribution in [0.25, 0.3) is 0 Å². The van der Waals surface area contributed by atoms with Gasteiger partial charge in [0.05, 0.1) is 14.8 Å². The maximum atomic E-state index is 12.4. The Morgan fingerprint density at radius 1 is 0.882 bits per heavy atom. The van der Waals surface area contributed by atoms with Crippen LogP contribution < -0.4 is 0 Å². The molecule has 2 aromatic carbocycles. The highest BCUT2D eigenvalue weighted by Gasteiger charge is 2.21. The molecule has 0 aliphatic rings. The van der Waals surface area contributed by atoms with E-state index in [9.17, 15) is 8.42 Å². The summed E-state index contributed by atoms with van der Waals surface area (Å²) in [5, 5.41) is 0.246. The molecule has 0 fully saturated rings. The van der Waals surface area contributed by atoms with Gasteiger partial charge in [-0.1, -0.05) is 41.9 Å². The molecule has 0 heterocycles. The van der Waals surface area contributed by atoms with Crippen molar-refractivity contribution in [3.05, 3.63) is 59.1 Å². The van der Waals surface area contributed by atoms with Crippen molar-refractivity contribution in [2.24, 2.45) is 0 Å². The highest BCUT2D eigenvalue weighted by atomic mass is 35.5. The molecule has 0 aliphatic carbocycles. The standard InChI is InChI=1S/C13H11ClO2S/c1-10-6-2-4-8-12(10)17(15,16)13-9-5-3-7-11(13)14/h2-9H,1H3. The van der Waals surface area contributed by atoms with Gasteiger partial charge in [0.15, 0.2) is 0 Å². The molecular weight excluding hydrogens is 256 g/mol. The first-order chi connectivity index (χ1) is 8.03. The van der Waals surface area contributed by atoms with Crippen LogP contribution in [0.4, 0.5) is 0 Å². The fraction of sp³-hybridized carbons (Fsp3) is 0.0769. The summed E-state index contributed by atoms with van der Waals surface area (Å²) < 4.78 is 24.8. The molecule has 0 amide bonds. The molecule has 88 valence electrons. The second kappa shape index (κ2) is 4.51. The number of aryl methyl sites for hydroxylation is 1. The minimum Gasteiger partial charge on any atom is -0.218 e. The van der Waals surface area contributed by atoms with Crippen LogP contribution in [-0.4, -0.2) is 8.42 Å². The summed E-state index contributed by atoms with van der Waals surface area (Å²) >= 11 is 5.93. The number of halogens is 1. The summed E-state index contributed by atoms with van der Waals surface area (Å²) in [6, 6.07) is 13.3. The summed E-state index contributed by atoms with van der Waals surface area (Å²) in [4.78, 5) is 0.448. The van der Waals surface area contributed by atoms with Crippen LogP contribution in [-0.2, 0) is 9.84 Å². The number of benzene rings is 2. The molecule has 4 heteroatoms. The van der Waals surface area contributed by atoms with Crippen molar-refractivity contribution in [2.75, 3.05) is 0 Å². The van der Waals surface area contributed by atoms with Crippen molar-refractivity contribution in [1.29, 1.82) is 0 Å². The van der Waals surface area contributed by atoms with Crippen molar-refractivity contribution in [3.8, 4) is 0 Å². The average Bonchev–Trinajstić information content (AvgIpc) is 2.29. The Morgan fingerprint density at radius 2 is 1.41 bits per heavy atom. The van der Waals surface area contributed by atoms with E-state index in [0.717, 1.165) is 0 Å². The van der Waals surface area contributed by atoms with Crippen LogP contribution in [0.3, 0.4) is 0 Å². The van der Waals surface area contributed by atoms with Crippen LogP contribution >= 0.6 is 11.6 Å². The van der Waals surface area contributed by atoms with Gasteiger partial charge >= 0.3 is 0 Å². The second-order valence-electron chi connectivity index (χ2n) is 3.70. The van der Waals surface area contributed by atoms with Gasteiger partial charge < -0.3 is 0 Å². The van der Waals surface area contributed by atoms with Crippen LogP contribution in [0.5, 0.6) is 0 Å². The third kappa shape index (κ3) is 2.21. The van der Waals surface area contributed by atoms with E-state index in [-0.39, 0.29) is 9.92 Å². The van der Waals surface area contributed by atoms with Gasteiger partial charge in [0.2, 0.25) is 9.84 Å². The molecule has 2 nitrogen and oxygen atoms in total. The molecule has 0 aromatic heterocycles. The van der Waals surface area contributed by atoms with Gasteiger partial charge in [-0.3, -0.25) is 0 Å². The topological polar surface area (TPSA) is 34.1 Å². The molecule has 0 saturated heterocycles. The first-order valence-electron chi connectivity index (χ1n) is 5.09. The lowest BCUT2D eigenvalue weighted by Gasteiger charge is -2.08. The highest BCUT2D eigenvalue weighted by molar-refractivity contribution is 7.91. The number of rotatable bonds is 2. The normalized spacial score (nSPS) is 11.4. The largest absolute Gasteiger partial charge is 0.218 e. The molecule has 0 radical (unpaired) electrons. The van der Waals surface area contributed by atoms with Gasteiger partial charge in [-0.2, -0.15) is 0 Å². The molecule has 17 heavy (non-hydrogen) atoms. The first kappa shape index (κ1) is 12.1. The number of sulfone groups is 1. The summed E-state index contributed by atoms with van der Waals surface area (Å²) in [6.07, 6.45) is 0. The van der Waals surface area contributed by atoms with E-state index in [1.54, 1.807) is 49.4 Å². The highest BCUT2D eigenvalue weighted by Crippen LogP contribution is 2.28. The van der Waals surface area contributed by atoms with E-state index in [0.29, 0.717) is 10.5 Å². The third-order valence-corrected chi connectivity index (χ3v) is 4.92. The van der Waals surface area contributed by atoms with Crippen LogP contribution in [0.1, 0.15) is 5.56 Å². The van der Waals surface area contributed by atoms with Crippen LogP contribution in [0.2, 0.25) is 5.02 Å². The summed E-state index contributed by atoms with van der Waals surface area (Å²) in [7, 11) is -3.53. The monoisotopic (exact) mass is 266 g/mol. The van der Waals surface area contributed by atoms with Gasteiger partial charge in [0, 0.05) is 0 Å². The van der Waals surface area contributed by atoms with Crippen molar-refractivity contribution >= 4 is 21.4 Å². The lowest BCUT2D eigenvalue weighted by molar-refractivity contribution is 0.595. The minimum absolute atomic E-state index is 0.149. The summed E-state index contributed by atoms with van der Waals surface area (Å²) in [6.45, 7) is 1.77. The zero-order valence-electron chi connectivity index (χ0n) is 9.22. The van der Waals surface area contributed by atoms with Crippen molar-refractivity contribution in [3.63, 3.8) is 0 Å². The Kier molecular flexibility index (Phi) is 3.22. The fourth-order valence-corrected chi connectivity index (χ4v) is 3.65. The summed E-state index contributed by atoms with van der Waals surface area (Å²) in [5.41, 5.74) is 0.715. The summed E-state index contributed by atoms with van der Waals surface area (Å²) in [5.74, 6) is 0. The number of hydrogen-bond donors (Lipinski definition) is 0. The molecule has 0 atom stereocenters. The molecule has 0 saturated carbocycles. The van der Waals surface area contributed by atoms with E-state index in [1.807, 2.05) is 0 Å². The fourth-order valence-electron chi connectivity index (χ4n) is 1.64. The van der Waals surface area contributed by atoms with Crippen LogP contribution in [0, 0.1) is 6.92 Å². The SMILES string of the molecule is Cc1ccccc1S(=O)(=O)c1ccccc1Cl. The Balaban J connectivity index is 2.67. The molecule has 2 aromatic rings. The van der Waals surface area contributed by atoms with Gasteiger partial charge in [-0.05, 0) is 30.7 Å². The predicted octanol–water partition coefficient (Wildman–Crippen LogP) is 3.48. The van der Waals surface area contributed by atoms with Crippen molar-refractivity contribution in [2.45, 2.75) is 16.7 Å². The van der Waals surface area contributed by atoms with Crippen molar-refractivity contribution in [1.82, 2.24) is 0 Å². The maximum Gasteiger partial charge on any atom is 0.208 e. The molecule has 0 spiro atoms. The Labute approximate surface area is 106 Å². The Morgan fingerprint density at radius 3 is 2.00 bits per heavy atom. The maximum absolute atomic E-state index is 12.4. The molecule has 0 unspecified atom stereocenters. The van der Waals surface area contributed by atoms with Gasteiger partial charge in [0.25, 0.3) is 0 Å². The smallest absolute Gasteiger partial charge is 0.208 e. The molecule has 0 aliphatic heterocycles. The lowest BCUT2D eigenvalue weighted by atomic mass is 10.2. The van der Waals surface area contributed by atoms with Crippen LogP contribution in [0.15, 0.2) is 58.3 Å². The molecule has 0 N–H and O–H groups in total. The average molecular weight is 267 g/mol. The lowest BCUT2D eigenvalue weighted by Crippen LogP contribution is -2.04. The quantitative estimate of drug-likeness (QED) is 0.834. The van der Waals surface area contributed by atoms with Gasteiger partial charge in [0.1, 0.15) is 0 Å². The van der Waals surface area contributed by atoms with E-state index in [4.69, 9.17) is 11.6 Å². The van der Waals surface area contributed by atoms with Gasteiger partial charge in [-0.25, -0.2) is 8.42 Å². The van der Waals surface area contributed by atoms with E-state index >= 15 is 0 Å². The zero-order chi connectivity index (χ0) is 12.5. The van der Waals surface area contributed by atoms with Crippen molar-refractivity contribution < 1.29 is 8.42 Å².